The monoisotopic (exact) mass is 249 g/mol. The molecule has 2 fully saturated rings. The Bertz CT molecular complexity index is 328. The number of hydrogen-bond acceptors (Lipinski definition) is 2. The fourth-order valence-corrected chi connectivity index (χ4v) is 2.74. The lowest BCUT2D eigenvalue weighted by molar-refractivity contribution is 0.177. The molecule has 1 amide bonds. The maximum absolute atomic E-state index is 11.5. The Morgan fingerprint density at radius 1 is 1.11 bits per heavy atom. The van der Waals surface area contributed by atoms with Gasteiger partial charge in [0.1, 0.15) is 6.26 Å². The Balaban J connectivity index is 1.71. The highest BCUT2D eigenvalue weighted by Crippen LogP contribution is 2.21. The molecule has 2 aliphatic rings. The Kier molecular flexibility index (Phi) is 5.35. The third-order valence-electron chi connectivity index (χ3n) is 3.81. The van der Waals surface area contributed by atoms with Crippen molar-refractivity contribution in [3.05, 3.63) is 17.6 Å². The van der Waals surface area contributed by atoms with Crippen LogP contribution in [0.15, 0.2) is 17.6 Å². The van der Waals surface area contributed by atoms with Gasteiger partial charge in [-0.05, 0) is 44.1 Å². The van der Waals surface area contributed by atoms with E-state index < -0.39 is 0 Å². The lowest BCUT2D eigenvalue weighted by Gasteiger charge is -2.21. The average molecular weight is 249 g/mol. The summed E-state index contributed by atoms with van der Waals surface area (Å²) < 4.78 is 5.04. The van der Waals surface area contributed by atoms with Gasteiger partial charge in [-0.1, -0.05) is 31.4 Å². The zero-order valence-electron chi connectivity index (χ0n) is 11.0. The van der Waals surface area contributed by atoms with E-state index in [0.29, 0.717) is 6.04 Å². The van der Waals surface area contributed by atoms with Gasteiger partial charge in [-0.15, -0.1) is 0 Å². The lowest BCUT2D eigenvalue weighted by Crippen LogP contribution is -2.35. The SMILES string of the molecule is O=C(NC1CCCCC1)OC=C=C1CCCCC1. The van der Waals surface area contributed by atoms with Crippen LogP contribution in [0.3, 0.4) is 0 Å². The molecule has 100 valence electrons. The molecule has 2 saturated carbocycles. The molecule has 2 rings (SSSR count). The molecule has 3 nitrogen and oxygen atoms in total. The molecule has 0 aliphatic heterocycles. The van der Waals surface area contributed by atoms with Gasteiger partial charge in [0.2, 0.25) is 0 Å². The minimum absolute atomic E-state index is 0.307. The molecular weight excluding hydrogens is 226 g/mol. The predicted molar refractivity (Wildman–Crippen MR) is 71.2 cm³/mol. The van der Waals surface area contributed by atoms with Crippen LogP contribution in [-0.2, 0) is 4.74 Å². The first-order valence-corrected chi connectivity index (χ1v) is 7.24. The van der Waals surface area contributed by atoms with Crippen molar-refractivity contribution in [2.24, 2.45) is 0 Å². The minimum Gasteiger partial charge on any atom is -0.410 e. The van der Waals surface area contributed by atoms with Crippen molar-refractivity contribution in [1.29, 1.82) is 0 Å². The third-order valence-corrected chi connectivity index (χ3v) is 3.81. The number of hydrogen-bond donors (Lipinski definition) is 1. The highest BCUT2D eigenvalue weighted by atomic mass is 16.5. The molecule has 0 heterocycles. The van der Waals surface area contributed by atoms with Gasteiger partial charge in [-0.25, -0.2) is 4.79 Å². The van der Waals surface area contributed by atoms with Gasteiger partial charge in [0.05, 0.1) is 0 Å². The second kappa shape index (κ2) is 7.27. The standard InChI is InChI=1S/C15H23NO2/c17-15(16-14-9-5-2-6-10-14)18-12-11-13-7-3-1-4-8-13/h12,14H,1-10H2,(H,16,17). The third kappa shape index (κ3) is 4.58. The van der Waals surface area contributed by atoms with E-state index in [1.807, 2.05) is 0 Å². The Morgan fingerprint density at radius 2 is 1.78 bits per heavy atom. The summed E-state index contributed by atoms with van der Waals surface area (Å²) >= 11 is 0. The smallest absolute Gasteiger partial charge is 0.410 e. The van der Waals surface area contributed by atoms with Crippen molar-refractivity contribution in [3.8, 4) is 0 Å². The van der Waals surface area contributed by atoms with Gasteiger partial charge in [0.15, 0.2) is 0 Å². The topological polar surface area (TPSA) is 38.3 Å². The lowest BCUT2D eigenvalue weighted by atomic mass is 9.96. The van der Waals surface area contributed by atoms with Crippen LogP contribution in [0.2, 0.25) is 0 Å². The summed E-state index contributed by atoms with van der Waals surface area (Å²) in [6.07, 6.45) is 13.0. The number of alkyl carbamates (subject to hydrolysis) is 1. The highest BCUT2D eigenvalue weighted by molar-refractivity contribution is 5.68. The van der Waals surface area contributed by atoms with E-state index in [4.69, 9.17) is 4.74 Å². The van der Waals surface area contributed by atoms with E-state index in [1.165, 1.54) is 50.4 Å². The Morgan fingerprint density at radius 3 is 2.50 bits per heavy atom. The molecule has 0 unspecified atom stereocenters. The zero-order chi connectivity index (χ0) is 12.6. The maximum Gasteiger partial charge on any atom is 0.412 e. The predicted octanol–water partition coefficient (Wildman–Crippen LogP) is 4.05. The first-order chi connectivity index (χ1) is 8.84. The van der Waals surface area contributed by atoms with Crippen LogP contribution in [0.4, 0.5) is 4.79 Å². The summed E-state index contributed by atoms with van der Waals surface area (Å²) in [5, 5.41) is 2.91. The van der Waals surface area contributed by atoms with Crippen molar-refractivity contribution in [2.45, 2.75) is 70.3 Å². The summed E-state index contributed by atoms with van der Waals surface area (Å²) in [5.41, 5.74) is 4.38. The fraction of sp³-hybridized carbons (Fsp3) is 0.733. The number of amides is 1. The number of rotatable bonds is 2. The maximum atomic E-state index is 11.5. The molecule has 0 radical (unpaired) electrons. The normalized spacial score (nSPS) is 21.0. The molecule has 0 aromatic rings. The van der Waals surface area contributed by atoms with Gasteiger partial charge in [0.25, 0.3) is 0 Å². The van der Waals surface area contributed by atoms with E-state index in [9.17, 15) is 4.79 Å². The molecule has 0 saturated heterocycles. The summed E-state index contributed by atoms with van der Waals surface area (Å²) in [6, 6.07) is 0.307. The molecule has 0 aromatic heterocycles. The molecule has 1 N–H and O–H groups in total. The minimum atomic E-state index is -0.328. The van der Waals surface area contributed by atoms with E-state index in [0.717, 1.165) is 25.7 Å². The van der Waals surface area contributed by atoms with Crippen LogP contribution in [-0.4, -0.2) is 12.1 Å². The Hall–Kier alpha value is -1.21. The number of ether oxygens (including phenoxy) is 1. The largest absolute Gasteiger partial charge is 0.412 e. The van der Waals surface area contributed by atoms with Crippen molar-refractivity contribution in [2.75, 3.05) is 0 Å². The second-order valence-corrected chi connectivity index (χ2v) is 5.31. The highest BCUT2D eigenvalue weighted by Gasteiger charge is 2.15. The molecule has 0 aromatic carbocycles. The van der Waals surface area contributed by atoms with E-state index in [-0.39, 0.29) is 6.09 Å². The second-order valence-electron chi connectivity index (χ2n) is 5.31. The molecule has 2 aliphatic carbocycles. The van der Waals surface area contributed by atoms with Gasteiger partial charge in [-0.2, -0.15) is 0 Å². The van der Waals surface area contributed by atoms with Gasteiger partial charge in [0, 0.05) is 6.04 Å². The molecule has 3 heteroatoms. The van der Waals surface area contributed by atoms with Crippen molar-refractivity contribution in [3.63, 3.8) is 0 Å². The van der Waals surface area contributed by atoms with Crippen LogP contribution in [0.25, 0.3) is 0 Å². The molecule has 0 bridgehead atoms. The van der Waals surface area contributed by atoms with Crippen LogP contribution in [0.1, 0.15) is 64.2 Å². The van der Waals surface area contributed by atoms with Gasteiger partial charge >= 0.3 is 6.09 Å². The van der Waals surface area contributed by atoms with Crippen molar-refractivity contribution >= 4 is 6.09 Å². The summed E-state index contributed by atoms with van der Waals surface area (Å²) in [5.74, 6) is 0. The molecular formula is C15H23NO2. The van der Waals surface area contributed by atoms with Crippen molar-refractivity contribution < 1.29 is 9.53 Å². The van der Waals surface area contributed by atoms with Crippen LogP contribution in [0.5, 0.6) is 0 Å². The number of carbonyl (C=O) groups is 1. The molecule has 0 atom stereocenters. The number of nitrogens with one attached hydrogen (secondary N) is 1. The molecule has 0 spiro atoms. The van der Waals surface area contributed by atoms with Crippen LogP contribution < -0.4 is 5.32 Å². The quantitative estimate of drug-likeness (QED) is 0.592. The average Bonchev–Trinajstić information content (AvgIpc) is 2.41. The van der Waals surface area contributed by atoms with E-state index in [2.05, 4.69) is 11.0 Å². The first kappa shape index (κ1) is 13.2. The van der Waals surface area contributed by atoms with Gasteiger partial charge < -0.3 is 10.1 Å². The van der Waals surface area contributed by atoms with Crippen LogP contribution in [0, 0.1) is 0 Å². The Labute approximate surface area is 109 Å². The summed E-state index contributed by atoms with van der Waals surface area (Å²) in [4.78, 5) is 11.5. The fourth-order valence-electron chi connectivity index (χ4n) is 2.74. The zero-order valence-corrected chi connectivity index (χ0v) is 11.0. The van der Waals surface area contributed by atoms with Gasteiger partial charge in [-0.3, -0.25) is 0 Å². The summed E-state index contributed by atoms with van der Waals surface area (Å²) in [7, 11) is 0. The van der Waals surface area contributed by atoms with Crippen molar-refractivity contribution in [1.82, 2.24) is 5.32 Å². The molecule has 18 heavy (non-hydrogen) atoms. The van der Waals surface area contributed by atoms with E-state index >= 15 is 0 Å². The first-order valence-electron chi connectivity index (χ1n) is 7.24. The summed E-state index contributed by atoms with van der Waals surface area (Å²) in [6.45, 7) is 0. The number of allylic oxidation sites excluding steroid dienone is 1. The van der Waals surface area contributed by atoms with Crippen LogP contribution >= 0.6 is 0 Å². The van der Waals surface area contributed by atoms with E-state index in [1.54, 1.807) is 0 Å². The number of carbonyl (C=O) groups excluding carboxylic acids is 1.